The Labute approximate surface area is 113 Å². The molecule has 5 nitrogen and oxygen atoms in total. The zero-order valence-corrected chi connectivity index (χ0v) is 11.6. The fourth-order valence-corrected chi connectivity index (χ4v) is 2.04. The molecule has 0 aromatic heterocycles. The van der Waals surface area contributed by atoms with E-state index in [4.69, 9.17) is 10.5 Å². The number of benzene rings is 1. The molecular weight excluding hydrogens is 242 g/mol. The van der Waals surface area contributed by atoms with Crippen LogP contribution in [0.4, 0.5) is 11.4 Å². The summed E-state index contributed by atoms with van der Waals surface area (Å²) in [7, 11) is 3.95. The molecule has 1 saturated heterocycles. The Morgan fingerprint density at radius 3 is 2.53 bits per heavy atom. The van der Waals surface area contributed by atoms with Gasteiger partial charge in [0.05, 0.1) is 18.6 Å². The first-order valence-electron chi connectivity index (χ1n) is 6.35. The summed E-state index contributed by atoms with van der Waals surface area (Å²) in [6.45, 7) is 2.65. The third kappa shape index (κ3) is 2.72. The SMILES string of the molecule is CN(C)c1ccc(NC(=O)C2(C)COCC2N)cc1. The maximum Gasteiger partial charge on any atom is 0.234 e. The van der Waals surface area contributed by atoms with Crippen LogP contribution in [-0.2, 0) is 9.53 Å². The summed E-state index contributed by atoms with van der Waals surface area (Å²) in [5.41, 5.74) is 7.15. The maximum absolute atomic E-state index is 12.3. The van der Waals surface area contributed by atoms with E-state index < -0.39 is 5.41 Å². The Morgan fingerprint density at radius 1 is 1.42 bits per heavy atom. The van der Waals surface area contributed by atoms with Crippen molar-refractivity contribution in [3.05, 3.63) is 24.3 Å². The molecule has 1 aliphatic heterocycles. The van der Waals surface area contributed by atoms with E-state index in [1.807, 2.05) is 50.2 Å². The van der Waals surface area contributed by atoms with E-state index in [2.05, 4.69) is 5.32 Å². The molecule has 2 atom stereocenters. The van der Waals surface area contributed by atoms with Crippen LogP contribution in [0.2, 0.25) is 0 Å². The second-order valence-corrected chi connectivity index (χ2v) is 5.43. The van der Waals surface area contributed by atoms with E-state index in [0.717, 1.165) is 11.4 Å². The monoisotopic (exact) mass is 263 g/mol. The molecule has 2 rings (SSSR count). The second-order valence-electron chi connectivity index (χ2n) is 5.43. The zero-order chi connectivity index (χ0) is 14.0. The Hall–Kier alpha value is -1.59. The number of anilines is 2. The molecule has 0 radical (unpaired) electrons. The zero-order valence-electron chi connectivity index (χ0n) is 11.6. The van der Waals surface area contributed by atoms with Gasteiger partial charge in [0.1, 0.15) is 0 Å². The van der Waals surface area contributed by atoms with Crippen LogP contribution in [0.5, 0.6) is 0 Å². The number of nitrogens with zero attached hydrogens (tertiary/aromatic N) is 1. The van der Waals surface area contributed by atoms with Crippen molar-refractivity contribution in [1.82, 2.24) is 0 Å². The molecule has 19 heavy (non-hydrogen) atoms. The van der Waals surface area contributed by atoms with Crippen LogP contribution in [0.3, 0.4) is 0 Å². The first kappa shape index (κ1) is 13.8. The number of rotatable bonds is 3. The molecule has 3 N–H and O–H groups in total. The van der Waals surface area contributed by atoms with Crippen LogP contribution in [0.1, 0.15) is 6.92 Å². The van der Waals surface area contributed by atoms with Gasteiger partial charge in [0.2, 0.25) is 5.91 Å². The molecule has 5 heteroatoms. The van der Waals surface area contributed by atoms with E-state index in [0.29, 0.717) is 13.2 Å². The van der Waals surface area contributed by atoms with Crippen LogP contribution in [-0.4, -0.2) is 39.3 Å². The summed E-state index contributed by atoms with van der Waals surface area (Å²) in [5, 5.41) is 2.90. The molecule has 0 aliphatic carbocycles. The molecule has 0 spiro atoms. The van der Waals surface area contributed by atoms with Gasteiger partial charge in [-0.1, -0.05) is 0 Å². The lowest BCUT2D eigenvalue weighted by molar-refractivity contribution is -0.125. The van der Waals surface area contributed by atoms with Gasteiger partial charge in [-0.15, -0.1) is 0 Å². The minimum atomic E-state index is -0.653. The molecule has 1 aromatic rings. The van der Waals surface area contributed by atoms with Crippen molar-refractivity contribution in [2.24, 2.45) is 11.1 Å². The second kappa shape index (κ2) is 5.19. The highest BCUT2D eigenvalue weighted by Crippen LogP contribution is 2.29. The lowest BCUT2D eigenvalue weighted by atomic mass is 9.85. The van der Waals surface area contributed by atoms with Crippen LogP contribution in [0.15, 0.2) is 24.3 Å². The minimum absolute atomic E-state index is 0.0879. The highest BCUT2D eigenvalue weighted by molar-refractivity contribution is 5.96. The molecule has 1 aliphatic rings. The predicted molar refractivity (Wildman–Crippen MR) is 76.3 cm³/mol. The number of carbonyl (C=O) groups is 1. The molecule has 0 saturated carbocycles. The van der Waals surface area contributed by atoms with Crippen molar-refractivity contribution < 1.29 is 9.53 Å². The normalized spacial score (nSPS) is 26.2. The largest absolute Gasteiger partial charge is 0.379 e. The first-order chi connectivity index (χ1) is 8.93. The van der Waals surface area contributed by atoms with Crippen LogP contribution < -0.4 is 16.0 Å². The van der Waals surface area contributed by atoms with Crippen LogP contribution in [0, 0.1) is 5.41 Å². The molecule has 1 fully saturated rings. The van der Waals surface area contributed by atoms with Gasteiger partial charge in [-0.2, -0.15) is 0 Å². The number of nitrogens with two attached hydrogens (primary N) is 1. The first-order valence-corrected chi connectivity index (χ1v) is 6.35. The van der Waals surface area contributed by atoms with Crippen molar-refractivity contribution in [2.45, 2.75) is 13.0 Å². The molecule has 1 heterocycles. The van der Waals surface area contributed by atoms with Gasteiger partial charge < -0.3 is 20.7 Å². The predicted octanol–water partition coefficient (Wildman–Crippen LogP) is 1.05. The van der Waals surface area contributed by atoms with Crippen LogP contribution in [0.25, 0.3) is 0 Å². The molecule has 2 unspecified atom stereocenters. The number of amides is 1. The Morgan fingerprint density at radius 2 is 2.05 bits per heavy atom. The Kier molecular flexibility index (Phi) is 3.78. The van der Waals surface area contributed by atoms with Crippen molar-refractivity contribution in [3.8, 4) is 0 Å². The van der Waals surface area contributed by atoms with Crippen molar-refractivity contribution >= 4 is 17.3 Å². The van der Waals surface area contributed by atoms with Gasteiger partial charge >= 0.3 is 0 Å². The summed E-state index contributed by atoms with van der Waals surface area (Å²) >= 11 is 0. The van der Waals surface area contributed by atoms with Gasteiger partial charge in [0.15, 0.2) is 0 Å². The number of carbonyl (C=O) groups excluding carboxylic acids is 1. The fourth-order valence-electron chi connectivity index (χ4n) is 2.04. The quantitative estimate of drug-likeness (QED) is 0.855. The average Bonchev–Trinajstić information content (AvgIpc) is 2.71. The summed E-state index contributed by atoms with van der Waals surface area (Å²) in [6, 6.07) is 7.44. The smallest absolute Gasteiger partial charge is 0.234 e. The van der Waals surface area contributed by atoms with Gasteiger partial charge in [-0.3, -0.25) is 4.79 Å². The molecule has 104 valence electrons. The van der Waals surface area contributed by atoms with Crippen molar-refractivity contribution in [2.75, 3.05) is 37.5 Å². The highest BCUT2D eigenvalue weighted by atomic mass is 16.5. The molecule has 1 aromatic carbocycles. The minimum Gasteiger partial charge on any atom is -0.379 e. The number of nitrogens with one attached hydrogen (secondary N) is 1. The van der Waals surface area contributed by atoms with Gasteiger partial charge in [0.25, 0.3) is 0 Å². The summed E-state index contributed by atoms with van der Waals surface area (Å²) in [4.78, 5) is 14.3. The van der Waals surface area contributed by atoms with E-state index in [9.17, 15) is 4.79 Å². The maximum atomic E-state index is 12.3. The van der Waals surface area contributed by atoms with Crippen LogP contribution >= 0.6 is 0 Å². The topological polar surface area (TPSA) is 67.6 Å². The third-order valence-electron chi connectivity index (χ3n) is 3.68. The third-order valence-corrected chi connectivity index (χ3v) is 3.68. The number of hydrogen-bond acceptors (Lipinski definition) is 4. The summed E-state index contributed by atoms with van der Waals surface area (Å²) < 4.78 is 5.29. The molecule has 1 amide bonds. The molecule has 0 bridgehead atoms. The van der Waals surface area contributed by atoms with Gasteiger partial charge in [-0.25, -0.2) is 0 Å². The van der Waals surface area contributed by atoms with Crippen molar-refractivity contribution in [3.63, 3.8) is 0 Å². The number of hydrogen-bond donors (Lipinski definition) is 2. The summed E-state index contributed by atoms with van der Waals surface area (Å²) in [6.07, 6.45) is 0. The van der Waals surface area contributed by atoms with E-state index in [1.54, 1.807) is 0 Å². The number of ether oxygens (including phenoxy) is 1. The Balaban J connectivity index is 2.06. The average molecular weight is 263 g/mol. The van der Waals surface area contributed by atoms with Gasteiger partial charge in [0, 0.05) is 31.5 Å². The molecular formula is C14H21N3O2. The standard InChI is InChI=1S/C14H21N3O2/c1-14(9-19-8-12(14)15)13(18)16-10-4-6-11(7-5-10)17(2)3/h4-7,12H,8-9,15H2,1-3H3,(H,16,18). The van der Waals surface area contributed by atoms with Crippen molar-refractivity contribution in [1.29, 1.82) is 0 Å². The van der Waals surface area contributed by atoms with E-state index in [-0.39, 0.29) is 11.9 Å². The Bertz CT molecular complexity index is 458. The lowest BCUT2D eigenvalue weighted by Gasteiger charge is -2.25. The van der Waals surface area contributed by atoms with E-state index in [1.165, 1.54) is 0 Å². The lowest BCUT2D eigenvalue weighted by Crippen LogP contribution is -2.47. The fraction of sp³-hybridized carbons (Fsp3) is 0.500. The van der Waals surface area contributed by atoms with E-state index >= 15 is 0 Å². The van der Waals surface area contributed by atoms with Gasteiger partial charge in [-0.05, 0) is 31.2 Å². The summed E-state index contributed by atoms with van der Waals surface area (Å²) in [5.74, 6) is -0.0879. The highest BCUT2D eigenvalue weighted by Gasteiger charge is 2.44.